The van der Waals surface area contributed by atoms with Crippen molar-refractivity contribution in [1.82, 2.24) is 5.43 Å². The van der Waals surface area contributed by atoms with E-state index in [0.717, 1.165) is 0 Å². The van der Waals surface area contributed by atoms with Crippen molar-refractivity contribution in [2.24, 2.45) is 10.2 Å². The molecule has 0 aromatic heterocycles. The molecule has 0 fully saturated rings. The molecule has 0 radical (unpaired) electrons. The Balaban J connectivity index is 1.98. The highest BCUT2D eigenvalue weighted by molar-refractivity contribution is 5.76. The number of urea groups is 1. The maximum absolute atomic E-state index is 11.7. The molecule has 2 aromatic rings. The molecule has 0 aliphatic heterocycles. The van der Waals surface area contributed by atoms with Gasteiger partial charge in [-0.25, -0.2) is 20.6 Å². The Hall–Kier alpha value is -2.93. The van der Waals surface area contributed by atoms with Crippen molar-refractivity contribution in [3.63, 3.8) is 0 Å². The molecule has 2 amide bonds. The average molecular weight is 362 g/mol. The number of carbonyl (C=O) groups excluding carboxylic acids is 1. The number of hydrogen-bond donors (Lipinski definition) is 6. The van der Waals surface area contributed by atoms with Crippen molar-refractivity contribution >= 4 is 28.8 Å². The van der Waals surface area contributed by atoms with E-state index in [-0.39, 0.29) is 11.4 Å². The first-order chi connectivity index (χ1) is 12.3. The van der Waals surface area contributed by atoms with E-state index in [1.807, 2.05) is 0 Å². The third-order valence-electron chi connectivity index (χ3n) is 3.47. The number of benzene rings is 2. The van der Waals surface area contributed by atoms with Gasteiger partial charge in [0.05, 0.1) is 11.4 Å². The molecule has 26 heavy (non-hydrogen) atoms. The van der Waals surface area contributed by atoms with Crippen LogP contribution in [0.3, 0.4) is 0 Å². The standard InChI is InChI=1S/C15H18N6O5/c1-9-7-11(20(23)24)3-5-13(9)16-18-15(22)19-17-14-6-4-12(21(25)26)8-10(14)2/h3-8,16,20-21,23,25H,1-2H3,(H,18,22). The number of carbonyl (C=O) groups is 1. The summed E-state index contributed by atoms with van der Waals surface area (Å²) in [6.45, 7) is 3.35. The predicted octanol–water partition coefficient (Wildman–Crippen LogP) is 0.931. The summed E-state index contributed by atoms with van der Waals surface area (Å²) in [5, 5.41) is 44.8. The summed E-state index contributed by atoms with van der Waals surface area (Å²) in [7, 11) is 0. The molecular formula is C15H18N6O5. The van der Waals surface area contributed by atoms with Crippen LogP contribution in [0.2, 0.25) is 0 Å². The molecule has 138 valence electrons. The molecule has 0 saturated heterocycles. The molecular weight excluding hydrogens is 344 g/mol. The second-order valence-corrected chi connectivity index (χ2v) is 5.40. The fourth-order valence-corrected chi connectivity index (χ4v) is 2.08. The molecule has 0 saturated carbocycles. The maximum Gasteiger partial charge on any atom is 0.378 e. The number of azo groups is 1. The second-order valence-electron chi connectivity index (χ2n) is 5.40. The minimum absolute atomic E-state index is 0.118. The number of aryl methyl sites for hydroxylation is 2. The van der Waals surface area contributed by atoms with Gasteiger partial charge < -0.3 is 10.4 Å². The van der Waals surface area contributed by atoms with Crippen LogP contribution in [0.1, 0.15) is 11.1 Å². The lowest BCUT2D eigenvalue weighted by molar-refractivity contribution is -0.991. The van der Waals surface area contributed by atoms with E-state index in [9.17, 15) is 15.2 Å². The Kier molecular flexibility index (Phi) is 6.30. The smallest absolute Gasteiger partial charge is 0.378 e. The van der Waals surface area contributed by atoms with Gasteiger partial charge in [0.15, 0.2) is 11.4 Å². The van der Waals surface area contributed by atoms with Gasteiger partial charge in [0.25, 0.3) is 0 Å². The van der Waals surface area contributed by atoms with E-state index in [1.54, 1.807) is 13.8 Å². The number of nitrogens with one attached hydrogen (secondary N) is 4. The van der Waals surface area contributed by atoms with E-state index < -0.39 is 16.5 Å². The third kappa shape index (κ3) is 5.03. The Morgan fingerprint density at radius 3 is 2.12 bits per heavy atom. The second kappa shape index (κ2) is 8.44. The lowest BCUT2D eigenvalue weighted by Crippen LogP contribution is -2.99. The van der Waals surface area contributed by atoms with Crippen LogP contribution in [0.15, 0.2) is 46.6 Å². The summed E-state index contributed by atoms with van der Waals surface area (Å²) < 4.78 is 0. The molecule has 2 unspecified atom stereocenters. The van der Waals surface area contributed by atoms with Gasteiger partial charge in [-0.2, -0.15) is 10.5 Å². The molecule has 2 atom stereocenters. The van der Waals surface area contributed by atoms with Crippen LogP contribution >= 0.6 is 0 Å². The lowest BCUT2D eigenvalue weighted by Gasteiger charge is -2.14. The van der Waals surface area contributed by atoms with E-state index in [0.29, 0.717) is 22.5 Å². The number of hydrazine groups is 1. The summed E-state index contributed by atoms with van der Waals surface area (Å²) >= 11 is 0. The van der Waals surface area contributed by atoms with Crippen LogP contribution in [0.5, 0.6) is 0 Å². The number of quaternary nitrogens is 2. The van der Waals surface area contributed by atoms with Crippen LogP contribution in [0.4, 0.5) is 27.5 Å². The zero-order valence-corrected chi connectivity index (χ0v) is 14.0. The molecule has 0 heterocycles. The molecule has 0 aliphatic rings. The van der Waals surface area contributed by atoms with Crippen LogP contribution in [0.25, 0.3) is 0 Å². The monoisotopic (exact) mass is 362 g/mol. The van der Waals surface area contributed by atoms with Gasteiger partial charge >= 0.3 is 6.03 Å². The van der Waals surface area contributed by atoms with Crippen molar-refractivity contribution in [3.05, 3.63) is 57.9 Å². The summed E-state index contributed by atoms with van der Waals surface area (Å²) in [6.07, 6.45) is 0. The highest BCUT2D eigenvalue weighted by Crippen LogP contribution is 2.21. The molecule has 0 spiro atoms. The summed E-state index contributed by atoms with van der Waals surface area (Å²) in [4.78, 5) is 11.7. The van der Waals surface area contributed by atoms with E-state index in [2.05, 4.69) is 21.1 Å². The molecule has 2 aromatic carbocycles. The van der Waals surface area contributed by atoms with Gasteiger partial charge in [-0.1, -0.05) is 5.11 Å². The van der Waals surface area contributed by atoms with Crippen molar-refractivity contribution in [1.29, 1.82) is 0 Å². The van der Waals surface area contributed by atoms with Gasteiger partial charge in [-0.15, -0.1) is 5.11 Å². The van der Waals surface area contributed by atoms with Gasteiger partial charge in [0.1, 0.15) is 0 Å². The van der Waals surface area contributed by atoms with Gasteiger partial charge in [0.2, 0.25) is 0 Å². The van der Waals surface area contributed by atoms with Gasteiger partial charge in [-0.3, -0.25) is 5.43 Å². The van der Waals surface area contributed by atoms with Crippen LogP contribution in [-0.2, 0) is 0 Å². The first-order valence-corrected chi connectivity index (χ1v) is 7.43. The highest BCUT2D eigenvalue weighted by Gasteiger charge is 2.07. The van der Waals surface area contributed by atoms with Gasteiger partial charge in [0, 0.05) is 24.3 Å². The van der Waals surface area contributed by atoms with Crippen LogP contribution in [-0.4, -0.2) is 16.4 Å². The van der Waals surface area contributed by atoms with Crippen LogP contribution < -0.4 is 21.3 Å². The Bertz CT molecular complexity index is 824. The summed E-state index contributed by atoms with van der Waals surface area (Å²) in [5.41, 5.74) is 7.28. The maximum atomic E-state index is 11.7. The van der Waals surface area contributed by atoms with Crippen molar-refractivity contribution < 1.29 is 25.7 Å². The molecule has 0 bridgehead atoms. The molecule has 2 rings (SSSR count). The fourth-order valence-electron chi connectivity index (χ4n) is 2.08. The largest absolute Gasteiger partial charge is 0.595 e. The molecule has 11 heteroatoms. The number of hydrogen-bond acceptors (Lipinski definition) is 7. The van der Waals surface area contributed by atoms with Gasteiger partial charge in [-0.05, 0) is 37.1 Å². The predicted molar refractivity (Wildman–Crippen MR) is 90.6 cm³/mol. The van der Waals surface area contributed by atoms with E-state index in [1.165, 1.54) is 36.4 Å². The zero-order valence-electron chi connectivity index (χ0n) is 14.0. The fraction of sp³-hybridized carbons (Fsp3) is 0.133. The topological polar surface area (TPSA) is 161 Å². The SMILES string of the molecule is Cc1cc([NH+]([O-])O)ccc1N=NC(=O)NNc1ccc([NH+]([O-])O)cc1C. The quantitative estimate of drug-likeness (QED) is 0.342. The van der Waals surface area contributed by atoms with E-state index >= 15 is 0 Å². The number of nitrogens with zero attached hydrogens (tertiary/aromatic N) is 2. The van der Waals surface area contributed by atoms with Crippen molar-refractivity contribution in [3.8, 4) is 0 Å². The highest BCUT2D eigenvalue weighted by atomic mass is 16.8. The first-order valence-electron chi connectivity index (χ1n) is 7.43. The Labute approximate surface area is 148 Å². The van der Waals surface area contributed by atoms with E-state index in [4.69, 9.17) is 10.4 Å². The minimum atomic E-state index is -1.05. The normalized spacial score (nSPS) is 13.5. The first kappa shape index (κ1) is 19.4. The Morgan fingerprint density at radius 1 is 1.00 bits per heavy atom. The molecule has 6 N–H and O–H groups in total. The average Bonchev–Trinajstić information content (AvgIpc) is 2.59. The third-order valence-corrected chi connectivity index (χ3v) is 3.47. The number of rotatable bonds is 5. The van der Waals surface area contributed by atoms with Crippen molar-refractivity contribution in [2.45, 2.75) is 13.8 Å². The lowest BCUT2D eigenvalue weighted by atomic mass is 10.2. The van der Waals surface area contributed by atoms with Crippen molar-refractivity contribution in [2.75, 3.05) is 5.43 Å². The molecule has 0 aliphatic carbocycles. The summed E-state index contributed by atoms with van der Waals surface area (Å²) in [6, 6.07) is 7.87. The number of anilines is 1. The number of amides is 2. The minimum Gasteiger partial charge on any atom is -0.595 e. The zero-order chi connectivity index (χ0) is 19.3. The van der Waals surface area contributed by atoms with Crippen LogP contribution in [0, 0.1) is 24.3 Å². The Morgan fingerprint density at radius 2 is 1.58 bits per heavy atom. The molecule has 11 nitrogen and oxygen atoms in total. The summed E-state index contributed by atoms with van der Waals surface area (Å²) in [5.74, 6) is 0.